The van der Waals surface area contributed by atoms with Gasteiger partial charge in [-0.05, 0) is 44.4 Å². The molecule has 4 amide bonds. The van der Waals surface area contributed by atoms with Crippen LogP contribution in [0.3, 0.4) is 0 Å². The molecule has 2 saturated heterocycles. The van der Waals surface area contributed by atoms with Crippen molar-refractivity contribution in [2.24, 2.45) is 0 Å². The summed E-state index contributed by atoms with van der Waals surface area (Å²) in [6.07, 6.45) is -1.27. The van der Waals surface area contributed by atoms with Gasteiger partial charge in [-0.3, -0.25) is 19.2 Å². The summed E-state index contributed by atoms with van der Waals surface area (Å²) in [4.78, 5) is 67.8. The van der Waals surface area contributed by atoms with E-state index in [0.717, 1.165) is 11.1 Å². The van der Waals surface area contributed by atoms with Crippen LogP contribution in [0.25, 0.3) is 0 Å². The number of nitrogens with one attached hydrogen (secondary N) is 3. The molecule has 43 heavy (non-hydrogen) atoms. The van der Waals surface area contributed by atoms with Gasteiger partial charge in [-0.15, -0.1) is 0 Å². The summed E-state index contributed by atoms with van der Waals surface area (Å²) in [5, 5.41) is 27.5. The van der Waals surface area contributed by atoms with Gasteiger partial charge in [0.1, 0.15) is 12.1 Å². The highest BCUT2D eigenvalue weighted by Gasteiger charge is 2.46. The van der Waals surface area contributed by atoms with E-state index in [9.17, 15) is 29.1 Å². The quantitative estimate of drug-likeness (QED) is 0.264. The molecule has 5 atom stereocenters. The molecule has 1 unspecified atom stereocenters. The Labute approximate surface area is 250 Å². The monoisotopic (exact) mass is 593 g/mol. The third-order valence-electron chi connectivity index (χ3n) is 8.19. The molecule has 2 aromatic rings. The molecule has 12 nitrogen and oxygen atoms in total. The van der Waals surface area contributed by atoms with Gasteiger partial charge in [-0.2, -0.15) is 0 Å². The molecule has 0 aromatic heterocycles. The number of hydrogen-bond donors (Lipinski definition) is 5. The Kier molecular flexibility index (Phi) is 10.5. The number of aliphatic hydroxyl groups excluding tert-OH is 1. The topological polar surface area (TPSA) is 168 Å². The molecule has 4 rings (SSSR count). The maximum atomic E-state index is 14.1. The predicted octanol–water partition coefficient (Wildman–Crippen LogP) is 0.412. The van der Waals surface area contributed by atoms with Crippen LogP contribution < -0.4 is 16.0 Å². The van der Waals surface area contributed by atoms with E-state index in [1.165, 1.54) is 4.90 Å². The van der Waals surface area contributed by atoms with Crippen LogP contribution in [-0.4, -0.2) is 100 Å². The number of rotatable bonds is 10. The van der Waals surface area contributed by atoms with Gasteiger partial charge >= 0.3 is 5.97 Å². The van der Waals surface area contributed by atoms with Crippen LogP contribution in [0.15, 0.2) is 60.7 Å². The van der Waals surface area contributed by atoms with Gasteiger partial charge in [0.15, 0.2) is 6.10 Å². The number of hydrogen-bond acceptors (Lipinski definition) is 7. The Bertz CT molecular complexity index is 1270. The largest absolute Gasteiger partial charge is 0.479 e. The van der Waals surface area contributed by atoms with Gasteiger partial charge in [0.2, 0.25) is 23.6 Å². The molecule has 2 aliphatic rings. The van der Waals surface area contributed by atoms with E-state index in [2.05, 4.69) is 16.0 Å². The Morgan fingerprint density at radius 1 is 0.953 bits per heavy atom. The Morgan fingerprint density at radius 2 is 1.56 bits per heavy atom. The number of fused-ring (bicyclic) bond motifs is 1. The molecule has 2 fully saturated rings. The van der Waals surface area contributed by atoms with Gasteiger partial charge in [-0.25, -0.2) is 4.79 Å². The predicted molar refractivity (Wildman–Crippen MR) is 156 cm³/mol. The zero-order chi connectivity index (χ0) is 31.1. The molecule has 0 bridgehead atoms. The first-order chi connectivity index (χ1) is 20.6. The van der Waals surface area contributed by atoms with Crippen molar-refractivity contribution in [3.8, 4) is 0 Å². The lowest BCUT2D eigenvalue weighted by Gasteiger charge is -2.39. The second-order valence-electron chi connectivity index (χ2n) is 11.0. The molecule has 0 saturated carbocycles. The van der Waals surface area contributed by atoms with Crippen molar-refractivity contribution in [2.75, 3.05) is 20.1 Å². The molecule has 0 radical (unpaired) electrons. The third kappa shape index (κ3) is 7.57. The second-order valence-corrected chi connectivity index (χ2v) is 11.0. The van der Waals surface area contributed by atoms with Crippen molar-refractivity contribution >= 4 is 29.6 Å². The zero-order valence-corrected chi connectivity index (χ0v) is 24.3. The van der Waals surface area contributed by atoms with Crippen molar-refractivity contribution in [2.45, 2.75) is 68.9 Å². The molecule has 5 N–H and O–H groups in total. The van der Waals surface area contributed by atoms with Crippen LogP contribution in [0.4, 0.5) is 0 Å². The minimum Gasteiger partial charge on any atom is -0.479 e. The van der Waals surface area contributed by atoms with Crippen molar-refractivity contribution in [3.05, 3.63) is 71.8 Å². The average Bonchev–Trinajstić information content (AvgIpc) is 3.43. The number of aliphatic carboxylic acids is 1. The molecule has 2 aliphatic heterocycles. The van der Waals surface area contributed by atoms with Crippen LogP contribution in [0.5, 0.6) is 0 Å². The lowest BCUT2D eigenvalue weighted by atomic mass is 9.98. The maximum absolute atomic E-state index is 14.1. The van der Waals surface area contributed by atoms with Crippen molar-refractivity contribution in [1.29, 1.82) is 0 Å². The zero-order valence-electron chi connectivity index (χ0n) is 24.3. The molecule has 0 spiro atoms. The van der Waals surface area contributed by atoms with Crippen molar-refractivity contribution in [1.82, 2.24) is 25.8 Å². The first-order valence-electron chi connectivity index (χ1n) is 14.5. The van der Waals surface area contributed by atoms with Crippen LogP contribution >= 0.6 is 0 Å². The first-order valence-corrected chi connectivity index (χ1v) is 14.5. The van der Waals surface area contributed by atoms with Crippen molar-refractivity contribution in [3.63, 3.8) is 0 Å². The van der Waals surface area contributed by atoms with Crippen LogP contribution in [0, 0.1) is 0 Å². The molecule has 0 aliphatic carbocycles. The van der Waals surface area contributed by atoms with Gasteiger partial charge in [-0.1, -0.05) is 60.7 Å². The van der Waals surface area contributed by atoms with E-state index < -0.39 is 60.4 Å². The van der Waals surface area contributed by atoms with Gasteiger partial charge in [0, 0.05) is 19.1 Å². The molecule has 2 aromatic carbocycles. The molecule has 230 valence electrons. The first kappa shape index (κ1) is 31.6. The summed E-state index contributed by atoms with van der Waals surface area (Å²) in [6, 6.07) is 15.7. The highest BCUT2D eigenvalue weighted by Crippen LogP contribution is 2.31. The summed E-state index contributed by atoms with van der Waals surface area (Å²) in [5.41, 5.74) is 1.78. The number of amides is 4. The van der Waals surface area contributed by atoms with Gasteiger partial charge in [0.25, 0.3) is 0 Å². The van der Waals surface area contributed by atoms with Gasteiger partial charge < -0.3 is 36.0 Å². The number of carboxylic acid groups (broad SMARTS) is 1. The summed E-state index contributed by atoms with van der Waals surface area (Å²) in [6.45, 7) is 1.57. The lowest BCUT2D eigenvalue weighted by Crippen LogP contribution is -2.62. The van der Waals surface area contributed by atoms with E-state index in [4.69, 9.17) is 5.11 Å². The van der Waals surface area contributed by atoms with Crippen LogP contribution in [-0.2, 0) is 24.0 Å². The highest BCUT2D eigenvalue weighted by atomic mass is 16.4. The normalized spacial score (nSPS) is 21.8. The molecule has 2 heterocycles. The number of aliphatic hydroxyl groups is 1. The maximum Gasteiger partial charge on any atom is 0.333 e. The Balaban J connectivity index is 1.59. The van der Waals surface area contributed by atoms with E-state index in [1.807, 2.05) is 60.7 Å². The van der Waals surface area contributed by atoms with E-state index in [-0.39, 0.29) is 25.0 Å². The number of carboxylic acids is 1. The smallest absolute Gasteiger partial charge is 0.333 e. The third-order valence-corrected chi connectivity index (χ3v) is 8.19. The molecule has 12 heteroatoms. The fourth-order valence-corrected chi connectivity index (χ4v) is 5.66. The summed E-state index contributed by atoms with van der Waals surface area (Å²) in [7, 11) is 1.60. The summed E-state index contributed by atoms with van der Waals surface area (Å²) in [5.74, 6) is -3.45. The van der Waals surface area contributed by atoms with Gasteiger partial charge in [0.05, 0.1) is 18.5 Å². The average molecular weight is 594 g/mol. The fraction of sp³-hybridized carbons (Fsp3) is 0.452. The number of carbonyl (C=O) groups is 5. The molecular weight excluding hydrogens is 554 g/mol. The fourth-order valence-electron chi connectivity index (χ4n) is 5.66. The van der Waals surface area contributed by atoms with E-state index >= 15 is 0 Å². The Hall–Kier alpha value is -4.29. The van der Waals surface area contributed by atoms with E-state index in [1.54, 1.807) is 18.9 Å². The number of likely N-dealkylation sites (N-methyl/N-ethyl adjacent to an activating group) is 1. The SMILES string of the molecule is CN[C@@H](C)C(=O)N[C@H]1CN(C(=O)CC(O)C(=O)O)CC[C@H]2CC[C@@H](C(=O)NC(c3ccccc3)c3ccccc3)N2C1=O. The standard InChI is InChI=1S/C31H39N5O7/c1-19(32-2)28(39)33-23-18-35(26(38)17-25(37)31(42)43)16-15-22-13-14-24(36(22)30(23)41)29(40)34-27(20-9-5-3-6-10-20)21-11-7-4-8-12-21/h3-12,19,22-25,27,32,37H,13-18H2,1-2H3,(H,33,39)(H,34,40)(H,42,43)/t19-,22+,23-,24-,25?/m0/s1. The summed E-state index contributed by atoms with van der Waals surface area (Å²) < 4.78 is 0. The molecular formula is C31H39N5O7. The number of carbonyl (C=O) groups excluding carboxylic acids is 4. The van der Waals surface area contributed by atoms with Crippen LogP contribution in [0.2, 0.25) is 0 Å². The van der Waals surface area contributed by atoms with E-state index in [0.29, 0.717) is 19.3 Å². The summed E-state index contributed by atoms with van der Waals surface area (Å²) >= 11 is 0. The highest BCUT2D eigenvalue weighted by molar-refractivity contribution is 5.94. The van der Waals surface area contributed by atoms with Crippen molar-refractivity contribution < 1.29 is 34.2 Å². The number of benzene rings is 2. The minimum atomic E-state index is -1.88. The second kappa shape index (κ2) is 14.3. The minimum absolute atomic E-state index is 0.165. The Morgan fingerprint density at radius 3 is 2.12 bits per heavy atom. The lowest BCUT2D eigenvalue weighted by molar-refractivity contribution is -0.152. The number of nitrogens with zero attached hydrogens (tertiary/aromatic N) is 2. The van der Waals surface area contributed by atoms with Crippen LogP contribution in [0.1, 0.15) is 49.8 Å².